The molecule has 0 aliphatic carbocycles. The average Bonchev–Trinajstić information content (AvgIpc) is 2.08. The first kappa shape index (κ1) is 11.7. The molecule has 0 aliphatic rings. The number of hydrogen-bond donors (Lipinski definition) is 2. The van der Waals surface area contributed by atoms with E-state index in [4.69, 9.17) is 22.4 Å². The quantitative estimate of drug-likeness (QED) is 0.839. The fourth-order valence-corrected chi connectivity index (χ4v) is 2.05. The van der Waals surface area contributed by atoms with Gasteiger partial charge in [-0.05, 0) is 34.2 Å². The van der Waals surface area contributed by atoms with Crippen molar-refractivity contribution in [2.75, 3.05) is 0 Å². The van der Waals surface area contributed by atoms with Crippen LogP contribution in [-0.4, -0.2) is 11.1 Å². The number of benzene rings is 1. The number of nitrogens with two attached hydrogens (primary N) is 1. The first-order valence-electron chi connectivity index (χ1n) is 3.93. The molecular formula is C9H9ClINO2. The summed E-state index contributed by atoms with van der Waals surface area (Å²) < 4.78 is 0.820. The third-order valence-corrected chi connectivity index (χ3v) is 3.61. The van der Waals surface area contributed by atoms with Gasteiger partial charge in [0.2, 0.25) is 0 Å². The van der Waals surface area contributed by atoms with Crippen LogP contribution in [0.3, 0.4) is 0 Å². The first-order valence-corrected chi connectivity index (χ1v) is 5.39. The van der Waals surface area contributed by atoms with Gasteiger partial charge < -0.3 is 10.8 Å². The van der Waals surface area contributed by atoms with Crippen molar-refractivity contribution in [3.05, 3.63) is 32.4 Å². The van der Waals surface area contributed by atoms with Gasteiger partial charge in [-0.25, -0.2) is 0 Å². The lowest BCUT2D eigenvalue weighted by Gasteiger charge is -2.12. The Bertz CT molecular complexity index is 357. The molecule has 5 heteroatoms. The van der Waals surface area contributed by atoms with Gasteiger partial charge in [0.1, 0.15) is 0 Å². The Balaban J connectivity index is 2.95. The van der Waals surface area contributed by atoms with Crippen LogP contribution in [0.2, 0.25) is 5.02 Å². The monoisotopic (exact) mass is 325 g/mol. The number of carboxylic acid groups (broad SMARTS) is 1. The van der Waals surface area contributed by atoms with Gasteiger partial charge in [-0.2, -0.15) is 0 Å². The molecular weight excluding hydrogens is 316 g/mol. The summed E-state index contributed by atoms with van der Waals surface area (Å²) >= 11 is 7.95. The topological polar surface area (TPSA) is 63.3 Å². The van der Waals surface area contributed by atoms with Crippen LogP contribution in [0, 0.1) is 3.57 Å². The molecule has 0 aromatic heterocycles. The number of aliphatic carboxylic acids is 1. The molecule has 76 valence electrons. The van der Waals surface area contributed by atoms with Crippen molar-refractivity contribution in [1.29, 1.82) is 0 Å². The largest absolute Gasteiger partial charge is 0.481 e. The lowest BCUT2D eigenvalue weighted by atomic mass is 10.1. The van der Waals surface area contributed by atoms with Crippen LogP contribution in [0.4, 0.5) is 0 Å². The molecule has 0 saturated heterocycles. The Morgan fingerprint density at radius 2 is 2.29 bits per heavy atom. The zero-order valence-electron chi connectivity index (χ0n) is 7.21. The van der Waals surface area contributed by atoms with Crippen molar-refractivity contribution in [2.45, 2.75) is 12.5 Å². The number of halogens is 2. The van der Waals surface area contributed by atoms with E-state index >= 15 is 0 Å². The van der Waals surface area contributed by atoms with Crippen LogP contribution in [0.15, 0.2) is 18.2 Å². The maximum atomic E-state index is 10.5. The zero-order valence-corrected chi connectivity index (χ0v) is 10.1. The van der Waals surface area contributed by atoms with E-state index in [9.17, 15) is 4.79 Å². The summed E-state index contributed by atoms with van der Waals surface area (Å²) in [6.07, 6.45) is -0.0870. The molecule has 1 aromatic rings. The van der Waals surface area contributed by atoms with Crippen LogP contribution in [0.1, 0.15) is 18.0 Å². The van der Waals surface area contributed by atoms with Crippen molar-refractivity contribution >= 4 is 40.2 Å². The van der Waals surface area contributed by atoms with Gasteiger partial charge in [0.25, 0.3) is 0 Å². The summed E-state index contributed by atoms with van der Waals surface area (Å²) in [4.78, 5) is 10.5. The molecule has 1 atom stereocenters. The van der Waals surface area contributed by atoms with Crippen LogP contribution in [-0.2, 0) is 4.79 Å². The molecule has 0 radical (unpaired) electrons. The fraction of sp³-hybridized carbons (Fsp3) is 0.222. The Morgan fingerprint density at radius 3 is 2.86 bits per heavy atom. The molecule has 0 amide bonds. The maximum absolute atomic E-state index is 10.5. The Morgan fingerprint density at radius 1 is 1.64 bits per heavy atom. The molecule has 1 rings (SSSR count). The highest BCUT2D eigenvalue weighted by atomic mass is 127. The van der Waals surface area contributed by atoms with Crippen molar-refractivity contribution in [3.63, 3.8) is 0 Å². The number of hydrogen-bond acceptors (Lipinski definition) is 2. The number of rotatable bonds is 3. The number of carboxylic acids is 1. The third kappa shape index (κ3) is 2.83. The second kappa shape index (κ2) is 4.95. The van der Waals surface area contributed by atoms with Gasteiger partial charge in [0.05, 0.1) is 11.4 Å². The lowest BCUT2D eigenvalue weighted by Crippen LogP contribution is -2.16. The molecule has 0 spiro atoms. The predicted octanol–water partition coefficient (Wildman–Crippen LogP) is 2.42. The second-order valence-electron chi connectivity index (χ2n) is 2.85. The first-order chi connectivity index (χ1) is 6.52. The van der Waals surface area contributed by atoms with E-state index in [-0.39, 0.29) is 6.42 Å². The van der Waals surface area contributed by atoms with E-state index in [1.165, 1.54) is 0 Å². The van der Waals surface area contributed by atoms with E-state index in [1.807, 2.05) is 0 Å². The smallest absolute Gasteiger partial charge is 0.305 e. The zero-order chi connectivity index (χ0) is 10.7. The van der Waals surface area contributed by atoms with E-state index in [1.54, 1.807) is 18.2 Å². The fourth-order valence-electron chi connectivity index (χ4n) is 1.10. The summed E-state index contributed by atoms with van der Waals surface area (Å²) in [7, 11) is 0. The van der Waals surface area contributed by atoms with Gasteiger partial charge in [0.15, 0.2) is 0 Å². The third-order valence-electron chi connectivity index (χ3n) is 1.78. The minimum Gasteiger partial charge on any atom is -0.481 e. The van der Waals surface area contributed by atoms with Gasteiger partial charge in [0, 0.05) is 9.61 Å². The summed E-state index contributed by atoms with van der Waals surface area (Å²) in [6.45, 7) is 0. The van der Waals surface area contributed by atoms with Crippen molar-refractivity contribution in [2.24, 2.45) is 5.73 Å². The lowest BCUT2D eigenvalue weighted by molar-refractivity contribution is -0.137. The van der Waals surface area contributed by atoms with Crippen LogP contribution >= 0.6 is 34.2 Å². The van der Waals surface area contributed by atoms with Gasteiger partial charge in [-0.1, -0.05) is 23.7 Å². The molecule has 1 aromatic carbocycles. The van der Waals surface area contributed by atoms with Crippen LogP contribution in [0.25, 0.3) is 0 Å². The van der Waals surface area contributed by atoms with Crippen molar-refractivity contribution in [1.82, 2.24) is 0 Å². The SMILES string of the molecule is N[C@@H](CC(=O)O)c1cccc(Cl)c1I. The normalized spacial score (nSPS) is 12.5. The van der Waals surface area contributed by atoms with Gasteiger partial charge in [-0.15, -0.1) is 0 Å². The predicted molar refractivity (Wildman–Crippen MR) is 63.4 cm³/mol. The molecule has 0 aliphatic heterocycles. The Hall–Kier alpha value is -0.330. The number of carbonyl (C=O) groups is 1. The molecule has 0 heterocycles. The Labute approximate surface area is 100 Å². The highest BCUT2D eigenvalue weighted by molar-refractivity contribution is 14.1. The molecule has 0 fully saturated rings. The van der Waals surface area contributed by atoms with Gasteiger partial charge >= 0.3 is 5.97 Å². The highest BCUT2D eigenvalue weighted by Gasteiger charge is 2.14. The summed E-state index contributed by atoms with van der Waals surface area (Å²) in [6, 6.07) is 4.81. The minimum atomic E-state index is -0.909. The minimum absolute atomic E-state index is 0.0870. The standard InChI is InChI=1S/C9H9ClINO2/c10-6-3-1-2-5(9(6)11)7(12)4-8(13)14/h1-3,7H,4,12H2,(H,13,14)/t7-/m0/s1. The van der Waals surface area contributed by atoms with Crippen LogP contribution < -0.4 is 5.73 Å². The van der Waals surface area contributed by atoms with E-state index in [0.29, 0.717) is 5.02 Å². The summed E-state index contributed by atoms with van der Waals surface area (Å²) in [5, 5.41) is 9.19. The molecule has 0 unspecified atom stereocenters. The molecule has 3 N–H and O–H groups in total. The molecule has 3 nitrogen and oxygen atoms in total. The second-order valence-corrected chi connectivity index (χ2v) is 4.33. The summed E-state index contributed by atoms with van der Waals surface area (Å²) in [5.41, 5.74) is 6.50. The van der Waals surface area contributed by atoms with Crippen LogP contribution in [0.5, 0.6) is 0 Å². The molecule has 0 bridgehead atoms. The highest BCUT2D eigenvalue weighted by Crippen LogP contribution is 2.26. The van der Waals surface area contributed by atoms with E-state index in [2.05, 4.69) is 22.6 Å². The Kier molecular flexibility index (Phi) is 4.15. The van der Waals surface area contributed by atoms with E-state index in [0.717, 1.165) is 9.13 Å². The van der Waals surface area contributed by atoms with Crippen molar-refractivity contribution < 1.29 is 9.90 Å². The average molecular weight is 326 g/mol. The van der Waals surface area contributed by atoms with E-state index < -0.39 is 12.0 Å². The molecule has 0 saturated carbocycles. The summed E-state index contributed by atoms with van der Waals surface area (Å²) in [5.74, 6) is -0.909. The van der Waals surface area contributed by atoms with Gasteiger partial charge in [-0.3, -0.25) is 4.79 Å². The maximum Gasteiger partial charge on any atom is 0.305 e. The molecule has 14 heavy (non-hydrogen) atoms. The van der Waals surface area contributed by atoms with Crippen molar-refractivity contribution in [3.8, 4) is 0 Å².